The van der Waals surface area contributed by atoms with Gasteiger partial charge in [-0.1, -0.05) is 15.9 Å². The quantitative estimate of drug-likeness (QED) is 0.429. The van der Waals surface area contributed by atoms with Gasteiger partial charge in [0.05, 0.1) is 19.8 Å². The van der Waals surface area contributed by atoms with Crippen LogP contribution in [-0.2, 0) is 18.3 Å². The van der Waals surface area contributed by atoms with Gasteiger partial charge in [-0.3, -0.25) is 4.57 Å². The van der Waals surface area contributed by atoms with E-state index in [2.05, 4.69) is 31.9 Å². The summed E-state index contributed by atoms with van der Waals surface area (Å²) in [5.41, 5.74) is 0. The highest BCUT2D eigenvalue weighted by molar-refractivity contribution is 9.11. The van der Waals surface area contributed by atoms with Crippen molar-refractivity contribution in [3.8, 4) is 0 Å². The molecule has 3 atom stereocenters. The lowest BCUT2D eigenvalue weighted by Gasteiger charge is -2.30. The Kier molecular flexibility index (Phi) is 7.46. The van der Waals surface area contributed by atoms with Crippen LogP contribution in [0.3, 0.4) is 0 Å². The van der Waals surface area contributed by atoms with Gasteiger partial charge in [-0.2, -0.15) is 0 Å². The molecular formula is C11H20Br2FO4P. The van der Waals surface area contributed by atoms with E-state index in [1.807, 2.05) is 0 Å². The topological polar surface area (TPSA) is 44.8 Å². The van der Waals surface area contributed by atoms with E-state index in [0.717, 1.165) is 5.33 Å². The van der Waals surface area contributed by atoms with Gasteiger partial charge in [-0.25, -0.2) is 4.39 Å². The van der Waals surface area contributed by atoms with Crippen LogP contribution < -0.4 is 0 Å². The fourth-order valence-corrected chi connectivity index (χ4v) is 5.37. The Hall–Kier alpha value is 1.000. The molecule has 19 heavy (non-hydrogen) atoms. The fourth-order valence-electron chi connectivity index (χ4n) is 2.03. The first kappa shape index (κ1) is 18.1. The molecular weight excluding hydrogens is 406 g/mol. The van der Waals surface area contributed by atoms with E-state index in [9.17, 15) is 8.96 Å². The van der Waals surface area contributed by atoms with E-state index in [1.165, 1.54) is 0 Å². The second kappa shape index (κ2) is 7.85. The fraction of sp³-hybridized carbons (Fsp3) is 1.00. The minimum Gasteiger partial charge on any atom is -0.381 e. The summed E-state index contributed by atoms with van der Waals surface area (Å²) in [6.07, 6.45) is 0.0422. The third-order valence-corrected chi connectivity index (χ3v) is 7.67. The molecule has 0 aromatic heterocycles. The summed E-state index contributed by atoms with van der Waals surface area (Å²) >= 11 is 6.31. The minimum atomic E-state index is -3.83. The maximum atomic E-state index is 14.8. The molecule has 114 valence electrons. The van der Waals surface area contributed by atoms with Crippen molar-refractivity contribution in [1.29, 1.82) is 0 Å². The maximum absolute atomic E-state index is 14.8. The molecule has 0 aromatic rings. The van der Waals surface area contributed by atoms with E-state index < -0.39 is 11.9 Å². The lowest BCUT2D eigenvalue weighted by atomic mass is 9.95. The molecule has 1 rings (SSSR count). The number of hydrogen-bond acceptors (Lipinski definition) is 4. The Balaban J connectivity index is 2.79. The molecule has 1 fully saturated rings. The molecule has 0 amide bonds. The SMILES string of the molecule is CCOP(=O)(OCC)C(F)(Br)CC1COCC1CBr. The number of rotatable bonds is 8. The first-order valence-corrected chi connectivity index (χ1v) is 9.76. The second-order valence-corrected chi connectivity index (χ2v) is 9.15. The summed E-state index contributed by atoms with van der Waals surface area (Å²) in [5, 5.41) is 0.730. The van der Waals surface area contributed by atoms with Gasteiger partial charge in [0.15, 0.2) is 0 Å². The average molecular weight is 426 g/mol. The zero-order valence-electron chi connectivity index (χ0n) is 11.1. The monoisotopic (exact) mass is 424 g/mol. The molecule has 1 heterocycles. The standard InChI is InChI=1S/C11H20Br2FO4P/c1-3-17-19(15,18-4-2)11(13,14)5-9-7-16-8-10(9)6-12/h9-10H,3-8H2,1-2H3. The molecule has 0 radical (unpaired) electrons. The average Bonchev–Trinajstić information content (AvgIpc) is 2.76. The molecule has 0 spiro atoms. The predicted octanol–water partition coefficient (Wildman–Crippen LogP) is 4.32. The first-order chi connectivity index (χ1) is 8.90. The van der Waals surface area contributed by atoms with Gasteiger partial charge in [-0.15, -0.1) is 0 Å². The minimum absolute atomic E-state index is 0.0158. The van der Waals surface area contributed by atoms with Crippen molar-refractivity contribution in [1.82, 2.24) is 0 Å². The number of ether oxygens (including phenoxy) is 1. The van der Waals surface area contributed by atoms with Gasteiger partial charge in [-0.05, 0) is 41.6 Å². The predicted molar refractivity (Wildman–Crippen MR) is 79.8 cm³/mol. The van der Waals surface area contributed by atoms with Crippen molar-refractivity contribution >= 4 is 39.5 Å². The molecule has 1 aliphatic heterocycles. The molecule has 8 heteroatoms. The van der Waals surface area contributed by atoms with Gasteiger partial charge in [0, 0.05) is 18.4 Å². The summed E-state index contributed by atoms with van der Waals surface area (Å²) < 4.78 is 40.6. The highest BCUT2D eigenvalue weighted by Crippen LogP contribution is 2.66. The maximum Gasteiger partial charge on any atom is 0.378 e. The molecule has 0 aromatic carbocycles. The first-order valence-electron chi connectivity index (χ1n) is 6.31. The van der Waals surface area contributed by atoms with Crippen LogP contribution in [0.25, 0.3) is 0 Å². The second-order valence-electron chi connectivity index (χ2n) is 4.41. The zero-order chi connectivity index (χ0) is 14.5. The normalized spacial score (nSPS) is 27.4. The molecule has 0 saturated carbocycles. The van der Waals surface area contributed by atoms with E-state index in [-0.39, 0.29) is 31.5 Å². The zero-order valence-corrected chi connectivity index (χ0v) is 15.2. The van der Waals surface area contributed by atoms with Gasteiger partial charge in [0.1, 0.15) is 0 Å². The Morgan fingerprint density at radius 1 is 1.32 bits per heavy atom. The van der Waals surface area contributed by atoms with Crippen molar-refractivity contribution in [3.05, 3.63) is 0 Å². The van der Waals surface area contributed by atoms with E-state index in [1.54, 1.807) is 13.8 Å². The van der Waals surface area contributed by atoms with Gasteiger partial charge in [0.25, 0.3) is 4.32 Å². The number of halogens is 3. The van der Waals surface area contributed by atoms with Crippen LogP contribution in [0.2, 0.25) is 0 Å². The Bertz CT molecular complexity index is 320. The van der Waals surface area contributed by atoms with Crippen LogP contribution in [0, 0.1) is 11.8 Å². The summed E-state index contributed by atoms with van der Waals surface area (Å²) in [6, 6.07) is 0. The van der Waals surface area contributed by atoms with E-state index in [4.69, 9.17) is 13.8 Å². The lowest BCUT2D eigenvalue weighted by molar-refractivity contribution is 0.157. The summed E-state index contributed by atoms with van der Waals surface area (Å²) in [7, 11) is -3.83. The van der Waals surface area contributed by atoms with E-state index in [0.29, 0.717) is 13.2 Å². The highest BCUT2D eigenvalue weighted by Gasteiger charge is 2.52. The summed E-state index contributed by atoms with van der Waals surface area (Å²) in [4.78, 5) is 0. The number of hydrogen-bond donors (Lipinski definition) is 0. The van der Waals surface area contributed by atoms with Crippen LogP contribution in [0.15, 0.2) is 0 Å². The number of alkyl halides is 3. The molecule has 3 unspecified atom stereocenters. The smallest absolute Gasteiger partial charge is 0.378 e. The largest absolute Gasteiger partial charge is 0.381 e. The highest BCUT2D eigenvalue weighted by atomic mass is 79.9. The Morgan fingerprint density at radius 3 is 2.32 bits per heavy atom. The van der Waals surface area contributed by atoms with Crippen LogP contribution in [0.5, 0.6) is 0 Å². The van der Waals surface area contributed by atoms with Crippen molar-refractivity contribution in [2.45, 2.75) is 24.6 Å². The van der Waals surface area contributed by atoms with Gasteiger partial charge < -0.3 is 13.8 Å². The molecule has 0 bridgehead atoms. The van der Waals surface area contributed by atoms with Crippen molar-refractivity contribution < 1.29 is 22.7 Å². The molecule has 0 N–H and O–H groups in total. The van der Waals surface area contributed by atoms with Gasteiger partial charge >= 0.3 is 7.60 Å². The summed E-state index contributed by atoms with van der Waals surface area (Å²) in [5.74, 6) is 0.197. The Morgan fingerprint density at radius 2 is 1.84 bits per heavy atom. The molecule has 1 saturated heterocycles. The van der Waals surface area contributed by atoms with Crippen LogP contribution in [0.1, 0.15) is 20.3 Å². The molecule has 4 nitrogen and oxygen atoms in total. The van der Waals surface area contributed by atoms with Crippen LogP contribution >= 0.6 is 39.5 Å². The van der Waals surface area contributed by atoms with Gasteiger partial charge in [0.2, 0.25) is 0 Å². The van der Waals surface area contributed by atoms with Crippen molar-refractivity contribution in [2.75, 3.05) is 31.8 Å². The summed E-state index contributed by atoms with van der Waals surface area (Å²) in [6.45, 7) is 4.65. The molecule has 0 aliphatic carbocycles. The van der Waals surface area contributed by atoms with Crippen LogP contribution in [-0.4, -0.2) is 36.1 Å². The van der Waals surface area contributed by atoms with E-state index >= 15 is 0 Å². The lowest BCUT2D eigenvalue weighted by Crippen LogP contribution is -2.26. The van der Waals surface area contributed by atoms with Crippen molar-refractivity contribution in [3.63, 3.8) is 0 Å². The third-order valence-electron chi connectivity index (χ3n) is 3.04. The van der Waals surface area contributed by atoms with Crippen molar-refractivity contribution in [2.24, 2.45) is 11.8 Å². The van der Waals surface area contributed by atoms with Crippen LogP contribution in [0.4, 0.5) is 4.39 Å². The third kappa shape index (κ3) is 4.48. The molecule has 1 aliphatic rings. The Labute approximate surface area is 130 Å².